The first-order chi connectivity index (χ1) is 21.2. The summed E-state index contributed by atoms with van der Waals surface area (Å²) >= 11 is 0. The van der Waals surface area contributed by atoms with Crippen LogP contribution in [0.3, 0.4) is 0 Å². The number of halogens is 1. The van der Waals surface area contributed by atoms with Crippen LogP contribution in [0.2, 0.25) is 0 Å². The van der Waals surface area contributed by atoms with E-state index in [1.54, 1.807) is 18.2 Å². The van der Waals surface area contributed by atoms with Gasteiger partial charge in [0.1, 0.15) is 34.2 Å². The quantitative estimate of drug-likeness (QED) is 0.0918. The summed E-state index contributed by atoms with van der Waals surface area (Å²) in [6.07, 6.45) is 0.681. The summed E-state index contributed by atoms with van der Waals surface area (Å²) < 4.78 is 31.2. The van der Waals surface area contributed by atoms with Gasteiger partial charge in [0.15, 0.2) is 0 Å². The van der Waals surface area contributed by atoms with Crippen LogP contribution in [0.15, 0.2) is 75.9 Å². The number of hydrogen-bond acceptors (Lipinski definition) is 9. The average molecular weight is 645 g/mol. The van der Waals surface area contributed by atoms with Crippen LogP contribution in [0.4, 0.5) is 4.39 Å². The van der Waals surface area contributed by atoms with Crippen LogP contribution in [0, 0.1) is 5.82 Å². The number of carbonyl (C=O) groups excluding carboxylic acids is 2. The number of aliphatic carboxylic acids is 1. The number of benzene rings is 4. The Balaban J connectivity index is 0.00000288. The third-order valence-electron chi connectivity index (χ3n) is 7.23. The predicted molar refractivity (Wildman–Crippen MR) is 156 cm³/mol. The second-order valence-corrected chi connectivity index (χ2v) is 10.1. The second kappa shape index (κ2) is 16.4. The number of phenolic OH excluding ortho intramolecular Hbond substituents is 1. The zero-order valence-electron chi connectivity index (χ0n) is 25.7. The van der Waals surface area contributed by atoms with Crippen molar-refractivity contribution >= 4 is 33.9 Å². The molecule has 4 aromatic carbocycles. The van der Waals surface area contributed by atoms with Gasteiger partial charge in [-0.15, -0.1) is 0 Å². The molecule has 0 aliphatic heterocycles. The van der Waals surface area contributed by atoms with E-state index in [0.29, 0.717) is 41.0 Å². The van der Waals surface area contributed by atoms with Crippen molar-refractivity contribution < 1.29 is 102 Å². The molecule has 0 bridgehead atoms. The first kappa shape index (κ1) is 37.1. The van der Waals surface area contributed by atoms with Crippen LogP contribution >= 0.6 is 0 Å². The SMILES string of the molecule is CCc1cc(-c2ccc(F)cc2)c(O)cc1OCCCOc1ccc2c(=O)c3cc(C(=O)[O-])ccc3oc2c1CCC(=O)[O-].[Na+].[Na+]. The molecule has 0 aliphatic rings. The molecule has 0 unspecified atom stereocenters. The van der Waals surface area contributed by atoms with E-state index in [9.17, 15) is 34.1 Å². The van der Waals surface area contributed by atoms with Gasteiger partial charge in [0.05, 0.1) is 30.0 Å². The Bertz CT molecular complexity index is 1940. The van der Waals surface area contributed by atoms with Crippen molar-refractivity contribution in [2.75, 3.05) is 13.2 Å². The fourth-order valence-electron chi connectivity index (χ4n) is 4.99. The van der Waals surface area contributed by atoms with Crippen LogP contribution in [0.1, 0.15) is 41.3 Å². The van der Waals surface area contributed by atoms with Crippen LogP contribution in [0.25, 0.3) is 33.1 Å². The molecule has 0 aliphatic carbocycles. The molecule has 0 fully saturated rings. The van der Waals surface area contributed by atoms with Gasteiger partial charge in [-0.3, -0.25) is 4.79 Å². The molecule has 9 nitrogen and oxygen atoms in total. The normalized spacial score (nSPS) is 10.7. The largest absolute Gasteiger partial charge is 1.00 e. The van der Waals surface area contributed by atoms with Crippen molar-refractivity contribution in [3.8, 4) is 28.4 Å². The van der Waals surface area contributed by atoms with Crippen LogP contribution in [0.5, 0.6) is 17.2 Å². The summed E-state index contributed by atoms with van der Waals surface area (Å²) in [5.74, 6) is -2.26. The Morgan fingerprint density at radius 3 is 2.24 bits per heavy atom. The number of fused-ring (bicyclic) bond motifs is 2. The number of aromatic carboxylic acids is 1. The van der Waals surface area contributed by atoms with Crippen LogP contribution in [-0.2, 0) is 17.6 Å². The van der Waals surface area contributed by atoms with Gasteiger partial charge in [-0.2, -0.15) is 0 Å². The first-order valence-electron chi connectivity index (χ1n) is 14.0. The zero-order valence-corrected chi connectivity index (χ0v) is 29.7. The Hall–Kier alpha value is -3.38. The van der Waals surface area contributed by atoms with Gasteiger partial charge in [-0.05, 0) is 84.5 Å². The standard InChI is InChI=1S/C34H29FO9.2Na/c1-2-19-16-25(20-4-7-22(35)8-5-20)27(36)18-30(19)43-15-3-14-42-28-12-9-24-32(39)26-17-21(34(40)41)6-11-29(26)44-33(24)23(28)10-13-31(37)38;;/h4-9,11-12,16-18,36H,2-3,10,13-15H2,1H3,(H,37,38)(H,40,41);;/q;2*+1/p-2. The number of phenols is 1. The molecule has 1 aromatic heterocycles. The van der Waals surface area contributed by atoms with Crippen molar-refractivity contribution in [1.82, 2.24) is 0 Å². The average Bonchev–Trinajstić information content (AvgIpc) is 3.00. The van der Waals surface area contributed by atoms with E-state index in [1.165, 1.54) is 42.5 Å². The Morgan fingerprint density at radius 2 is 1.59 bits per heavy atom. The van der Waals surface area contributed by atoms with Crippen molar-refractivity contribution in [2.24, 2.45) is 0 Å². The van der Waals surface area contributed by atoms with Gasteiger partial charge in [0.2, 0.25) is 5.43 Å². The Labute approximate surface area is 307 Å². The third kappa shape index (κ3) is 8.31. The minimum atomic E-state index is -1.43. The summed E-state index contributed by atoms with van der Waals surface area (Å²) in [7, 11) is 0. The van der Waals surface area contributed by atoms with Crippen LogP contribution < -0.4 is 84.2 Å². The van der Waals surface area contributed by atoms with E-state index in [-0.39, 0.29) is 124 Å². The number of carboxylic acids is 2. The van der Waals surface area contributed by atoms with Crippen molar-refractivity contribution in [3.63, 3.8) is 0 Å². The molecule has 0 saturated heterocycles. The minimum Gasteiger partial charge on any atom is -0.550 e. The number of carbonyl (C=O) groups is 2. The number of aromatic hydroxyl groups is 1. The maximum Gasteiger partial charge on any atom is 1.00 e. The molecule has 0 spiro atoms. The van der Waals surface area contributed by atoms with Gasteiger partial charge >= 0.3 is 59.1 Å². The van der Waals surface area contributed by atoms with Crippen molar-refractivity contribution in [3.05, 3.63) is 99.5 Å². The topological polar surface area (TPSA) is 149 Å². The smallest absolute Gasteiger partial charge is 0.550 e. The summed E-state index contributed by atoms with van der Waals surface area (Å²) in [5.41, 5.74) is 2.09. The fraction of sp³-hybridized carbons (Fsp3) is 0.206. The van der Waals surface area contributed by atoms with Gasteiger partial charge in [0.25, 0.3) is 0 Å². The molecule has 46 heavy (non-hydrogen) atoms. The maximum atomic E-state index is 13.3. The molecular formula is C34H27FNa2O9. The van der Waals surface area contributed by atoms with Crippen molar-refractivity contribution in [2.45, 2.75) is 32.6 Å². The number of rotatable bonds is 12. The molecule has 5 aromatic rings. The van der Waals surface area contributed by atoms with Gasteiger partial charge in [-0.25, -0.2) is 4.39 Å². The first-order valence-corrected chi connectivity index (χ1v) is 14.0. The number of ether oxygens (including phenoxy) is 2. The van der Waals surface area contributed by atoms with Gasteiger partial charge in [0, 0.05) is 29.6 Å². The summed E-state index contributed by atoms with van der Waals surface area (Å²) in [5, 5.41) is 33.3. The molecule has 1 heterocycles. The second-order valence-electron chi connectivity index (χ2n) is 10.1. The van der Waals surface area contributed by atoms with Crippen LogP contribution in [-0.4, -0.2) is 30.3 Å². The molecular weight excluding hydrogens is 617 g/mol. The monoisotopic (exact) mass is 644 g/mol. The number of aryl methyl sites for hydroxylation is 2. The predicted octanol–water partition coefficient (Wildman–Crippen LogP) is -2.08. The maximum absolute atomic E-state index is 13.3. The molecule has 0 amide bonds. The van der Waals surface area contributed by atoms with E-state index in [0.717, 1.165) is 5.56 Å². The van der Waals surface area contributed by atoms with Crippen molar-refractivity contribution in [1.29, 1.82) is 0 Å². The number of carboxylic acid groups (broad SMARTS) is 2. The molecule has 5 rings (SSSR count). The Morgan fingerprint density at radius 1 is 0.891 bits per heavy atom. The molecule has 0 radical (unpaired) electrons. The van der Waals surface area contributed by atoms with E-state index < -0.39 is 17.4 Å². The van der Waals surface area contributed by atoms with E-state index in [1.807, 2.05) is 13.0 Å². The third-order valence-corrected chi connectivity index (χ3v) is 7.23. The van der Waals surface area contributed by atoms with E-state index >= 15 is 0 Å². The summed E-state index contributed by atoms with van der Waals surface area (Å²) in [4.78, 5) is 35.7. The zero-order chi connectivity index (χ0) is 31.4. The minimum absolute atomic E-state index is 0. The molecule has 12 heteroatoms. The van der Waals surface area contributed by atoms with Gasteiger partial charge in [-0.1, -0.05) is 19.1 Å². The Kier molecular flexibility index (Phi) is 13.3. The summed E-state index contributed by atoms with van der Waals surface area (Å²) in [6.45, 7) is 2.37. The van der Waals surface area contributed by atoms with E-state index in [2.05, 4.69) is 0 Å². The van der Waals surface area contributed by atoms with Gasteiger partial charge < -0.3 is 38.8 Å². The molecule has 0 atom stereocenters. The fourth-order valence-corrected chi connectivity index (χ4v) is 4.99. The molecule has 1 N–H and O–H groups in total. The number of hydrogen-bond donors (Lipinski definition) is 1. The molecule has 226 valence electrons. The van der Waals surface area contributed by atoms with E-state index in [4.69, 9.17) is 13.9 Å². The summed E-state index contributed by atoms with van der Waals surface area (Å²) in [6, 6.07) is 16.0. The molecule has 0 saturated carbocycles.